The summed E-state index contributed by atoms with van der Waals surface area (Å²) in [7, 11) is 0. The summed E-state index contributed by atoms with van der Waals surface area (Å²) < 4.78 is 29.7. The van der Waals surface area contributed by atoms with Crippen LogP contribution in [0.2, 0.25) is 0 Å². The monoisotopic (exact) mass is 386 g/mol. The highest BCUT2D eigenvalue weighted by molar-refractivity contribution is 5.97. The first kappa shape index (κ1) is 21.0. The molecule has 2 aliphatic rings. The number of benzene rings is 1. The number of carbonyl (C=O) groups is 2. The van der Waals surface area contributed by atoms with Crippen molar-refractivity contribution in [3.05, 3.63) is 29.6 Å². The lowest BCUT2D eigenvalue weighted by Gasteiger charge is -2.18. The van der Waals surface area contributed by atoms with E-state index in [9.17, 15) is 14.3 Å². The van der Waals surface area contributed by atoms with Gasteiger partial charge in [-0.05, 0) is 18.2 Å². The summed E-state index contributed by atoms with van der Waals surface area (Å²) in [5.41, 5.74) is 5.46. The standard InChI is InChI=1S/C15H19FN2O5.C2H4O2/c16-8-1-2-12(21-4-3-17)9(5-8)15(20)18-10-6-22-14-11(19)7-23-13(10)14;1-2(3)4/h1-2,5,10-11,13-14,19H,3-4,6-7,17H2,(H,18,20);1H3,(H,3,4)/t10-,11-,13-,14-;/m1./s1. The number of halogens is 1. The van der Waals surface area contributed by atoms with Crippen molar-refractivity contribution >= 4 is 11.9 Å². The molecule has 0 aliphatic carbocycles. The number of nitrogens with two attached hydrogens (primary N) is 1. The fraction of sp³-hybridized carbons (Fsp3) is 0.529. The van der Waals surface area contributed by atoms with E-state index in [1.807, 2.05) is 0 Å². The Morgan fingerprint density at radius 1 is 1.33 bits per heavy atom. The van der Waals surface area contributed by atoms with Crippen molar-refractivity contribution < 1.29 is 38.4 Å². The number of amides is 1. The third-order valence-corrected chi connectivity index (χ3v) is 3.91. The summed E-state index contributed by atoms with van der Waals surface area (Å²) >= 11 is 0. The number of aliphatic hydroxyl groups is 1. The predicted octanol–water partition coefficient (Wildman–Crippen LogP) is -0.489. The van der Waals surface area contributed by atoms with Gasteiger partial charge in [-0.3, -0.25) is 9.59 Å². The zero-order chi connectivity index (χ0) is 20.0. The van der Waals surface area contributed by atoms with Gasteiger partial charge in [0.05, 0.1) is 24.8 Å². The molecule has 3 rings (SSSR count). The molecular formula is C17H23FN2O7. The predicted molar refractivity (Wildman–Crippen MR) is 91.0 cm³/mol. The van der Waals surface area contributed by atoms with Crippen molar-refractivity contribution in [2.75, 3.05) is 26.4 Å². The minimum Gasteiger partial charge on any atom is -0.491 e. The maximum atomic E-state index is 13.5. The number of carbonyl (C=O) groups excluding carboxylic acids is 1. The van der Waals surface area contributed by atoms with E-state index in [-0.39, 0.29) is 37.7 Å². The van der Waals surface area contributed by atoms with E-state index < -0.39 is 42.0 Å². The van der Waals surface area contributed by atoms with Gasteiger partial charge in [0.2, 0.25) is 0 Å². The second-order valence-corrected chi connectivity index (χ2v) is 6.04. The average molecular weight is 386 g/mol. The van der Waals surface area contributed by atoms with Gasteiger partial charge in [-0.15, -0.1) is 0 Å². The summed E-state index contributed by atoms with van der Waals surface area (Å²) in [6.45, 7) is 1.99. The molecule has 2 saturated heterocycles. The van der Waals surface area contributed by atoms with Crippen LogP contribution in [0.4, 0.5) is 4.39 Å². The van der Waals surface area contributed by atoms with Crippen LogP contribution in [0.15, 0.2) is 18.2 Å². The highest BCUT2D eigenvalue weighted by Crippen LogP contribution is 2.28. The van der Waals surface area contributed by atoms with Crippen LogP contribution in [0.1, 0.15) is 17.3 Å². The zero-order valence-electron chi connectivity index (χ0n) is 14.8. The molecule has 2 heterocycles. The normalized spacial score (nSPS) is 25.9. The topological polar surface area (TPSA) is 140 Å². The largest absolute Gasteiger partial charge is 0.491 e. The van der Waals surface area contributed by atoms with Crippen LogP contribution in [0, 0.1) is 5.82 Å². The van der Waals surface area contributed by atoms with Gasteiger partial charge in [0.15, 0.2) is 0 Å². The number of fused-ring (bicyclic) bond motifs is 1. The molecule has 0 bridgehead atoms. The highest BCUT2D eigenvalue weighted by Gasteiger charge is 2.47. The van der Waals surface area contributed by atoms with Gasteiger partial charge in [-0.2, -0.15) is 0 Å². The Labute approximate surface area is 155 Å². The first-order chi connectivity index (χ1) is 12.8. The van der Waals surface area contributed by atoms with Crippen LogP contribution in [0.25, 0.3) is 0 Å². The molecule has 9 nitrogen and oxygen atoms in total. The number of hydrogen-bond acceptors (Lipinski definition) is 7. The van der Waals surface area contributed by atoms with Crippen LogP contribution in [-0.4, -0.2) is 72.8 Å². The molecule has 150 valence electrons. The van der Waals surface area contributed by atoms with Crippen molar-refractivity contribution in [1.29, 1.82) is 0 Å². The van der Waals surface area contributed by atoms with Gasteiger partial charge in [-0.1, -0.05) is 0 Å². The molecule has 27 heavy (non-hydrogen) atoms. The van der Waals surface area contributed by atoms with E-state index in [2.05, 4.69) is 5.32 Å². The van der Waals surface area contributed by atoms with Crippen LogP contribution in [0.3, 0.4) is 0 Å². The van der Waals surface area contributed by atoms with Crippen molar-refractivity contribution in [1.82, 2.24) is 5.32 Å². The molecule has 2 fully saturated rings. The Balaban J connectivity index is 0.000000596. The quantitative estimate of drug-likeness (QED) is 0.531. The molecule has 1 aromatic rings. The molecule has 2 aliphatic heterocycles. The maximum Gasteiger partial charge on any atom is 0.300 e. The molecular weight excluding hydrogens is 363 g/mol. The Morgan fingerprint density at radius 3 is 2.67 bits per heavy atom. The zero-order valence-corrected chi connectivity index (χ0v) is 14.8. The number of aliphatic hydroxyl groups excluding tert-OH is 1. The Hall–Kier alpha value is -2.27. The van der Waals surface area contributed by atoms with Crippen LogP contribution in [-0.2, 0) is 14.3 Å². The SMILES string of the molecule is CC(=O)O.NCCOc1ccc(F)cc1C(=O)N[C@@H]1CO[C@H]2[C@@H]1OC[C@H]2O. The number of ether oxygens (including phenoxy) is 3. The third kappa shape index (κ3) is 5.60. The lowest BCUT2D eigenvalue weighted by Crippen LogP contribution is -2.44. The second kappa shape index (κ2) is 9.60. The van der Waals surface area contributed by atoms with Gasteiger partial charge >= 0.3 is 0 Å². The van der Waals surface area contributed by atoms with Crippen LogP contribution < -0.4 is 15.8 Å². The smallest absolute Gasteiger partial charge is 0.300 e. The Morgan fingerprint density at radius 2 is 2.00 bits per heavy atom. The van der Waals surface area contributed by atoms with Gasteiger partial charge in [0.25, 0.3) is 11.9 Å². The molecule has 1 amide bonds. The van der Waals surface area contributed by atoms with Crippen LogP contribution >= 0.6 is 0 Å². The fourth-order valence-electron chi connectivity index (χ4n) is 2.82. The van der Waals surface area contributed by atoms with E-state index in [1.54, 1.807) is 0 Å². The molecule has 0 unspecified atom stereocenters. The summed E-state index contributed by atoms with van der Waals surface area (Å²) in [6.07, 6.45) is -1.55. The number of carboxylic acids is 1. The molecule has 0 spiro atoms. The highest BCUT2D eigenvalue weighted by atomic mass is 19.1. The summed E-state index contributed by atoms with van der Waals surface area (Å²) in [4.78, 5) is 21.4. The summed E-state index contributed by atoms with van der Waals surface area (Å²) in [5.74, 6) is -1.60. The van der Waals surface area contributed by atoms with Crippen molar-refractivity contribution in [2.45, 2.75) is 31.3 Å². The summed E-state index contributed by atoms with van der Waals surface area (Å²) in [5, 5.41) is 19.9. The van der Waals surface area contributed by atoms with E-state index in [4.69, 9.17) is 29.8 Å². The fourth-order valence-corrected chi connectivity index (χ4v) is 2.82. The first-order valence-corrected chi connectivity index (χ1v) is 8.37. The number of nitrogens with one attached hydrogen (secondary N) is 1. The van der Waals surface area contributed by atoms with E-state index >= 15 is 0 Å². The molecule has 10 heteroatoms. The van der Waals surface area contributed by atoms with Gasteiger partial charge in [0, 0.05) is 13.5 Å². The first-order valence-electron chi connectivity index (χ1n) is 8.37. The number of aliphatic carboxylic acids is 1. The minimum atomic E-state index is -0.833. The molecule has 1 aromatic carbocycles. The van der Waals surface area contributed by atoms with Crippen LogP contribution in [0.5, 0.6) is 5.75 Å². The van der Waals surface area contributed by atoms with E-state index in [1.165, 1.54) is 12.1 Å². The lowest BCUT2D eigenvalue weighted by atomic mass is 10.1. The number of carboxylic acid groups (broad SMARTS) is 1. The third-order valence-electron chi connectivity index (χ3n) is 3.91. The number of hydrogen-bond donors (Lipinski definition) is 4. The Kier molecular flexibility index (Phi) is 7.48. The van der Waals surface area contributed by atoms with Gasteiger partial charge in [-0.25, -0.2) is 4.39 Å². The molecule has 0 radical (unpaired) electrons. The molecule has 4 atom stereocenters. The lowest BCUT2D eigenvalue weighted by molar-refractivity contribution is -0.134. The van der Waals surface area contributed by atoms with Gasteiger partial charge in [0.1, 0.15) is 36.5 Å². The summed E-state index contributed by atoms with van der Waals surface area (Å²) in [6, 6.07) is 3.31. The van der Waals surface area contributed by atoms with E-state index in [0.717, 1.165) is 13.0 Å². The molecule has 0 saturated carbocycles. The second-order valence-electron chi connectivity index (χ2n) is 6.04. The van der Waals surface area contributed by atoms with Crippen molar-refractivity contribution in [2.24, 2.45) is 5.73 Å². The van der Waals surface area contributed by atoms with Crippen molar-refractivity contribution in [3.63, 3.8) is 0 Å². The Bertz CT molecular complexity index is 669. The van der Waals surface area contributed by atoms with E-state index in [0.29, 0.717) is 0 Å². The average Bonchev–Trinajstić information content (AvgIpc) is 3.17. The van der Waals surface area contributed by atoms with Crippen molar-refractivity contribution in [3.8, 4) is 5.75 Å². The minimum absolute atomic E-state index is 0.0837. The van der Waals surface area contributed by atoms with Gasteiger partial charge < -0.3 is 35.5 Å². The molecule has 0 aromatic heterocycles. The number of rotatable bonds is 5. The molecule has 5 N–H and O–H groups in total. The maximum absolute atomic E-state index is 13.5.